The Kier molecular flexibility index (Phi) is 6.98. The van der Waals surface area contributed by atoms with E-state index in [-0.39, 0.29) is 12.5 Å². The maximum absolute atomic E-state index is 11.9. The van der Waals surface area contributed by atoms with Crippen molar-refractivity contribution in [2.75, 3.05) is 37.7 Å². The molecule has 1 aromatic rings. The Morgan fingerprint density at radius 1 is 1.48 bits per heavy atom. The molecule has 0 aromatic carbocycles. The summed E-state index contributed by atoms with van der Waals surface area (Å²) in [5.41, 5.74) is 0.383. The Hall–Kier alpha value is -1.12. The molecule has 118 valence electrons. The molecule has 1 aliphatic rings. The molecule has 0 atom stereocenters. The number of aromatic nitrogens is 3. The van der Waals surface area contributed by atoms with Gasteiger partial charge in [0.25, 0.3) is 5.91 Å². The predicted octanol–water partition coefficient (Wildman–Crippen LogP) is 0.0480. The third-order valence-corrected chi connectivity index (χ3v) is 4.47. The van der Waals surface area contributed by atoms with E-state index in [1.807, 2.05) is 4.68 Å². The van der Waals surface area contributed by atoms with Crippen LogP contribution >= 0.6 is 11.8 Å². The molecule has 3 N–H and O–H groups in total. The lowest BCUT2D eigenvalue weighted by molar-refractivity contribution is 0.0951. The van der Waals surface area contributed by atoms with Gasteiger partial charge in [0.15, 0.2) is 5.69 Å². The molecule has 1 fully saturated rings. The molecule has 8 heteroatoms. The monoisotopic (exact) mass is 313 g/mol. The highest BCUT2D eigenvalue weighted by molar-refractivity contribution is 7.99. The van der Waals surface area contributed by atoms with Gasteiger partial charge in [-0.15, -0.1) is 5.10 Å². The van der Waals surface area contributed by atoms with Crippen molar-refractivity contribution >= 4 is 17.7 Å². The van der Waals surface area contributed by atoms with Crippen LogP contribution < -0.4 is 10.6 Å². The average molecular weight is 313 g/mol. The molecule has 0 saturated carbocycles. The van der Waals surface area contributed by atoms with Gasteiger partial charge in [-0.2, -0.15) is 11.8 Å². The van der Waals surface area contributed by atoms with Crippen LogP contribution in [0.1, 0.15) is 35.8 Å². The van der Waals surface area contributed by atoms with Crippen LogP contribution in [0.3, 0.4) is 0 Å². The Balaban J connectivity index is 1.71. The first-order valence-electron chi connectivity index (χ1n) is 7.40. The lowest BCUT2D eigenvalue weighted by Crippen LogP contribution is -2.29. The molecule has 0 spiro atoms. The van der Waals surface area contributed by atoms with Crippen LogP contribution in [0.2, 0.25) is 0 Å². The number of rotatable bonds is 8. The molecule has 0 radical (unpaired) electrons. The van der Waals surface area contributed by atoms with Crippen LogP contribution in [0, 0.1) is 0 Å². The van der Waals surface area contributed by atoms with E-state index in [0.29, 0.717) is 18.3 Å². The molecule has 0 unspecified atom stereocenters. The second-order valence-corrected chi connectivity index (χ2v) is 6.24. The van der Waals surface area contributed by atoms with E-state index < -0.39 is 0 Å². The van der Waals surface area contributed by atoms with E-state index in [1.54, 1.807) is 18.0 Å². The number of aliphatic hydroxyl groups is 1. The minimum Gasteiger partial charge on any atom is -0.396 e. The molecule has 1 saturated heterocycles. The summed E-state index contributed by atoms with van der Waals surface area (Å²) in [5, 5.41) is 22.8. The molecule has 1 aromatic heterocycles. The Morgan fingerprint density at radius 2 is 2.29 bits per heavy atom. The molecule has 1 aliphatic heterocycles. The van der Waals surface area contributed by atoms with Crippen LogP contribution in [0.25, 0.3) is 0 Å². The van der Waals surface area contributed by atoms with Gasteiger partial charge in [0.2, 0.25) is 0 Å². The lowest BCUT2D eigenvalue weighted by Gasteiger charge is -2.22. The Morgan fingerprint density at radius 3 is 3.05 bits per heavy atom. The van der Waals surface area contributed by atoms with E-state index in [4.69, 9.17) is 5.11 Å². The smallest absolute Gasteiger partial charge is 0.273 e. The third-order valence-electron chi connectivity index (χ3n) is 3.40. The van der Waals surface area contributed by atoms with Crippen molar-refractivity contribution in [2.24, 2.45) is 0 Å². The van der Waals surface area contributed by atoms with Gasteiger partial charge in [-0.1, -0.05) is 5.21 Å². The highest BCUT2D eigenvalue weighted by Crippen LogP contribution is 2.16. The highest BCUT2D eigenvalue weighted by atomic mass is 32.2. The average Bonchev–Trinajstić information content (AvgIpc) is 3.01. The standard InChI is InChI=1S/C13H23N5O2S/c19-7-1-8-21-9-6-15-13(20)12-10-18(17-16-12)11-2-4-14-5-3-11/h10-11,14,19H,1-9H2,(H,15,20). The minimum absolute atomic E-state index is 0.169. The molecule has 7 nitrogen and oxygen atoms in total. The zero-order valence-electron chi connectivity index (χ0n) is 12.1. The van der Waals surface area contributed by atoms with Gasteiger partial charge in [-0.3, -0.25) is 4.79 Å². The van der Waals surface area contributed by atoms with Crippen molar-refractivity contribution in [1.29, 1.82) is 0 Å². The number of aliphatic hydroxyl groups excluding tert-OH is 1. The fraction of sp³-hybridized carbons (Fsp3) is 0.769. The number of nitrogens with one attached hydrogen (secondary N) is 2. The van der Waals surface area contributed by atoms with Crippen molar-refractivity contribution in [3.05, 3.63) is 11.9 Å². The molecular weight excluding hydrogens is 290 g/mol. The topological polar surface area (TPSA) is 92.1 Å². The van der Waals surface area contributed by atoms with Crippen molar-refractivity contribution < 1.29 is 9.90 Å². The summed E-state index contributed by atoms with van der Waals surface area (Å²) in [6.07, 6.45) is 4.57. The first kappa shape index (κ1) is 16.3. The van der Waals surface area contributed by atoms with Crippen LogP contribution in [0.15, 0.2) is 6.20 Å². The second kappa shape index (κ2) is 9.01. The van der Waals surface area contributed by atoms with E-state index in [0.717, 1.165) is 43.9 Å². The fourth-order valence-corrected chi connectivity index (χ4v) is 3.01. The first-order valence-corrected chi connectivity index (χ1v) is 8.56. The van der Waals surface area contributed by atoms with E-state index >= 15 is 0 Å². The summed E-state index contributed by atoms with van der Waals surface area (Å²) in [6, 6.07) is 0.342. The summed E-state index contributed by atoms with van der Waals surface area (Å²) >= 11 is 1.72. The number of piperidine rings is 1. The quantitative estimate of drug-likeness (QED) is 0.587. The maximum Gasteiger partial charge on any atom is 0.273 e. The summed E-state index contributed by atoms with van der Waals surface area (Å²) < 4.78 is 1.81. The van der Waals surface area contributed by atoms with Gasteiger partial charge in [0, 0.05) is 18.9 Å². The zero-order chi connectivity index (χ0) is 14.9. The van der Waals surface area contributed by atoms with E-state index in [1.165, 1.54) is 0 Å². The normalized spacial score (nSPS) is 16.0. The fourth-order valence-electron chi connectivity index (χ4n) is 2.23. The van der Waals surface area contributed by atoms with Crippen molar-refractivity contribution in [3.63, 3.8) is 0 Å². The molecule has 1 amide bonds. The Bertz CT molecular complexity index is 434. The number of thioether (sulfide) groups is 1. The molecule has 0 aliphatic carbocycles. The zero-order valence-corrected chi connectivity index (χ0v) is 12.9. The van der Waals surface area contributed by atoms with Gasteiger partial charge in [-0.25, -0.2) is 4.68 Å². The molecule has 0 bridgehead atoms. The van der Waals surface area contributed by atoms with Crippen LogP contribution in [0.5, 0.6) is 0 Å². The first-order chi connectivity index (χ1) is 10.3. The van der Waals surface area contributed by atoms with Crippen LogP contribution in [0.4, 0.5) is 0 Å². The number of hydrogen-bond acceptors (Lipinski definition) is 6. The highest BCUT2D eigenvalue weighted by Gasteiger charge is 2.18. The van der Waals surface area contributed by atoms with Gasteiger partial charge < -0.3 is 15.7 Å². The summed E-state index contributed by atoms with van der Waals surface area (Å²) in [4.78, 5) is 11.9. The number of carbonyl (C=O) groups is 1. The van der Waals surface area contributed by atoms with Crippen LogP contribution in [-0.2, 0) is 0 Å². The summed E-state index contributed by atoms with van der Waals surface area (Å²) in [6.45, 7) is 2.79. The summed E-state index contributed by atoms with van der Waals surface area (Å²) in [7, 11) is 0. The summed E-state index contributed by atoms with van der Waals surface area (Å²) in [5.74, 6) is 1.59. The van der Waals surface area contributed by atoms with Gasteiger partial charge in [-0.05, 0) is 38.1 Å². The van der Waals surface area contributed by atoms with Gasteiger partial charge >= 0.3 is 0 Å². The third kappa shape index (κ3) is 5.29. The number of carbonyl (C=O) groups excluding carboxylic acids is 1. The van der Waals surface area contributed by atoms with Crippen molar-refractivity contribution in [1.82, 2.24) is 25.6 Å². The predicted molar refractivity (Wildman–Crippen MR) is 82.5 cm³/mol. The molecular formula is C13H23N5O2S. The van der Waals surface area contributed by atoms with Crippen molar-refractivity contribution in [2.45, 2.75) is 25.3 Å². The minimum atomic E-state index is -0.169. The van der Waals surface area contributed by atoms with Gasteiger partial charge in [0.05, 0.1) is 12.2 Å². The number of amides is 1. The second-order valence-electron chi connectivity index (χ2n) is 5.01. The van der Waals surface area contributed by atoms with Crippen LogP contribution in [-0.4, -0.2) is 63.8 Å². The maximum atomic E-state index is 11.9. The molecule has 21 heavy (non-hydrogen) atoms. The molecule has 2 heterocycles. The van der Waals surface area contributed by atoms with E-state index in [2.05, 4.69) is 20.9 Å². The lowest BCUT2D eigenvalue weighted by atomic mass is 10.1. The largest absolute Gasteiger partial charge is 0.396 e. The SMILES string of the molecule is O=C(NCCSCCCO)c1cn(C2CCNCC2)nn1. The van der Waals surface area contributed by atoms with Crippen molar-refractivity contribution in [3.8, 4) is 0 Å². The Labute approximate surface area is 128 Å². The number of hydrogen-bond donors (Lipinski definition) is 3. The number of nitrogens with zero attached hydrogens (tertiary/aromatic N) is 3. The van der Waals surface area contributed by atoms with Gasteiger partial charge in [0.1, 0.15) is 0 Å². The van der Waals surface area contributed by atoms with E-state index in [9.17, 15) is 4.79 Å². The molecule has 2 rings (SSSR count).